The number of hydrogen-bond donors (Lipinski definition) is 1. The summed E-state index contributed by atoms with van der Waals surface area (Å²) in [5.41, 5.74) is 0. The molecule has 104 valence electrons. The molecule has 0 amide bonds. The maximum atomic E-state index is 12.4. The molecule has 0 radical (unpaired) electrons. The average Bonchev–Trinajstić information content (AvgIpc) is 2.39. The molecule has 0 unspecified atom stereocenters. The average molecular weight is 303 g/mol. The van der Waals surface area contributed by atoms with Crippen molar-refractivity contribution in [3.8, 4) is 0 Å². The first-order valence-corrected chi connectivity index (χ1v) is 8.06. The van der Waals surface area contributed by atoms with Crippen LogP contribution in [0.15, 0.2) is 29.2 Å². The standard InChI is InChI=1S/C13H15ClO4S/c14-10-3-7-12(8-4-10)19(17,18)11-5-1-9(2-6-11)13(15)16/h3-4,7-9,11H,1-2,5-6H2,(H,15,16)/t9-,11-. The Morgan fingerprint density at radius 1 is 1.11 bits per heavy atom. The maximum absolute atomic E-state index is 12.4. The van der Waals surface area contributed by atoms with Crippen molar-refractivity contribution in [3.63, 3.8) is 0 Å². The summed E-state index contributed by atoms with van der Waals surface area (Å²) in [7, 11) is -3.38. The second-order valence-electron chi connectivity index (χ2n) is 4.81. The molecule has 0 bridgehead atoms. The SMILES string of the molecule is O=C(O)[C@H]1CC[C@H](S(=O)(=O)c2ccc(Cl)cc2)CC1. The summed E-state index contributed by atoms with van der Waals surface area (Å²) in [6, 6.07) is 6.11. The molecule has 0 aliphatic heterocycles. The van der Waals surface area contributed by atoms with Gasteiger partial charge < -0.3 is 5.11 Å². The van der Waals surface area contributed by atoms with Gasteiger partial charge in [-0.3, -0.25) is 4.79 Å². The van der Waals surface area contributed by atoms with Crippen molar-refractivity contribution >= 4 is 27.4 Å². The highest BCUT2D eigenvalue weighted by atomic mass is 35.5. The second-order valence-corrected chi connectivity index (χ2v) is 7.48. The quantitative estimate of drug-likeness (QED) is 0.932. The number of carbonyl (C=O) groups is 1. The van der Waals surface area contributed by atoms with Gasteiger partial charge in [-0.1, -0.05) is 11.6 Å². The summed E-state index contributed by atoms with van der Waals surface area (Å²) in [5, 5.41) is 8.92. The van der Waals surface area contributed by atoms with Gasteiger partial charge in [-0.25, -0.2) is 8.42 Å². The molecular weight excluding hydrogens is 288 g/mol. The van der Waals surface area contributed by atoms with Crippen LogP contribution in [-0.4, -0.2) is 24.7 Å². The smallest absolute Gasteiger partial charge is 0.306 e. The summed E-state index contributed by atoms with van der Waals surface area (Å²) < 4.78 is 24.8. The normalized spacial score (nSPS) is 24.1. The molecule has 6 heteroatoms. The summed E-state index contributed by atoms with van der Waals surface area (Å²) in [6.07, 6.45) is 1.66. The molecule has 1 fully saturated rings. The molecule has 1 saturated carbocycles. The lowest BCUT2D eigenvalue weighted by atomic mass is 9.89. The van der Waals surface area contributed by atoms with Crippen LogP contribution in [0.5, 0.6) is 0 Å². The Balaban J connectivity index is 2.14. The molecule has 1 aliphatic rings. The molecule has 1 aliphatic carbocycles. The highest BCUT2D eigenvalue weighted by Crippen LogP contribution is 2.32. The molecule has 0 spiro atoms. The van der Waals surface area contributed by atoms with Gasteiger partial charge in [-0.2, -0.15) is 0 Å². The molecule has 1 aromatic carbocycles. The molecule has 0 saturated heterocycles. The van der Waals surface area contributed by atoms with Gasteiger partial charge in [0, 0.05) is 5.02 Å². The molecule has 19 heavy (non-hydrogen) atoms. The van der Waals surface area contributed by atoms with Gasteiger partial charge in [0.25, 0.3) is 0 Å². The van der Waals surface area contributed by atoms with Crippen LogP contribution in [0.2, 0.25) is 5.02 Å². The predicted molar refractivity (Wildman–Crippen MR) is 72.0 cm³/mol. The minimum absolute atomic E-state index is 0.260. The summed E-state index contributed by atoms with van der Waals surface area (Å²) in [6.45, 7) is 0. The molecule has 2 rings (SSSR count). The van der Waals surface area contributed by atoms with Crippen LogP contribution in [0.25, 0.3) is 0 Å². The number of hydrogen-bond acceptors (Lipinski definition) is 3. The third-order valence-electron chi connectivity index (χ3n) is 3.60. The van der Waals surface area contributed by atoms with Gasteiger partial charge in [0.1, 0.15) is 0 Å². The maximum Gasteiger partial charge on any atom is 0.306 e. The molecule has 1 aromatic rings. The monoisotopic (exact) mass is 302 g/mol. The lowest BCUT2D eigenvalue weighted by Gasteiger charge is -2.25. The minimum atomic E-state index is -3.38. The number of halogens is 1. The van der Waals surface area contributed by atoms with E-state index in [1.54, 1.807) is 12.1 Å². The van der Waals surface area contributed by atoms with Gasteiger partial charge in [0.2, 0.25) is 0 Å². The zero-order valence-electron chi connectivity index (χ0n) is 10.3. The third-order valence-corrected chi connectivity index (χ3v) is 6.13. The van der Waals surface area contributed by atoms with Crippen molar-refractivity contribution in [2.24, 2.45) is 5.92 Å². The van der Waals surface area contributed by atoms with E-state index in [1.165, 1.54) is 12.1 Å². The van der Waals surface area contributed by atoms with Crippen molar-refractivity contribution in [3.05, 3.63) is 29.3 Å². The van der Waals surface area contributed by atoms with E-state index < -0.39 is 27.0 Å². The van der Waals surface area contributed by atoms with Crippen molar-refractivity contribution in [2.75, 3.05) is 0 Å². The Morgan fingerprint density at radius 3 is 2.11 bits per heavy atom. The minimum Gasteiger partial charge on any atom is -0.481 e. The summed E-state index contributed by atoms with van der Waals surface area (Å²) in [5.74, 6) is -1.24. The van der Waals surface area contributed by atoms with Crippen LogP contribution in [0.4, 0.5) is 0 Å². The predicted octanol–water partition coefficient (Wildman–Crippen LogP) is 2.76. The van der Waals surface area contributed by atoms with E-state index in [-0.39, 0.29) is 4.90 Å². The second kappa shape index (κ2) is 5.51. The zero-order chi connectivity index (χ0) is 14.0. The molecule has 0 atom stereocenters. The Kier molecular flexibility index (Phi) is 4.16. The van der Waals surface area contributed by atoms with Gasteiger partial charge in [-0.15, -0.1) is 0 Å². The number of rotatable bonds is 3. The van der Waals surface area contributed by atoms with E-state index in [0.717, 1.165) is 0 Å². The van der Waals surface area contributed by atoms with Crippen molar-refractivity contribution in [1.82, 2.24) is 0 Å². The topological polar surface area (TPSA) is 71.4 Å². The number of carboxylic acids is 1. The van der Waals surface area contributed by atoms with E-state index in [1.807, 2.05) is 0 Å². The highest BCUT2D eigenvalue weighted by molar-refractivity contribution is 7.92. The first kappa shape index (κ1) is 14.3. The lowest BCUT2D eigenvalue weighted by molar-refractivity contribution is -0.142. The Bertz CT molecular complexity index is 557. The van der Waals surface area contributed by atoms with Crippen LogP contribution in [0.3, 0.4) is 0 Å². The van der Waals surface area contributed by atoms with Crippen LogP contribution < -0.4 is 0 Å². The fourth-order valence-corrected chi connectivity index (χ4v) is 4.36. The molecular formula is C13H15ClO4S. The number of carboxylic acid groups (broad SMARTS) is 1. The Hall–Kier alpha value is -1.07. The van der Waals surface area contributed by atoms with E-state index in [4.69, 9.17) is 16.7 Å². The molecule has 4 nitrogen and oxygen atoms in total. The van der Waals surface area contributed by atoms with Crippen molar-refractivity contribution in [2.45, 2.75) is 35.8 Å². The van der Waals surface area contributed by atoms with Crippen molar-refractivity contribution < 1.29 is 18.3 Å². The van der Waals surface area contributed by atoms with Crippen LogP contribution in [0.1, 0.15) is 25.7 Å². The van der Waals surface area contributed by atoms with Crippen LogP contribution in [0, 0.1) is 5.92 Å². The molecule has 0 aromatic heterocycles. The summed E-state index contributed by atoms with van der Waals surface area (Å²) >= 11 is 5.74. The molecule has 0 heterocycles. The zero-order valence-corrected chi connectivity index (χ0v) is 11.8. The van der Waals surface area contributed by atoms with Gasteiger partial charge in [-0.05, 0) is 49.9 Å². The Morgan fingerprint density at radius 2 is 1.63 bits per heavy atom. The van der Waals surface area contributed by atoms with E-state index >= 15 is 0 Å². The van der Waals surface area contributed by atoms with E-state index in [0.29, 0.717) is 30.7 Å². The van der Waals surface area contributed by atoms with E-state index in [2.05, 4.69) is 0 Å². The molecule has 1 N–H and O–H groups in total. The van der Waals surface area contributed by atoms with Gasteiger partial charge in [0.05, 0.1) is 16.1 Å². The van der Waals surface area contributed by atoms with Gasteiger partial charge >= 0.3 is 5.97 Å². The lowest BCUT2D eigenvalue weighted by Crippen LogP contribution is -2.30. The number of sulfone groups is 1. The fraction of sp³-hybridized carbons (Fsp3) is 0.462. The number of aliphatic carboxylic acids is 1. The first-order valence-electron chi connectivity index (χ1n) is 6.13. The third kappa shape index (κ3) is 3.09. The van der Waals surface area contributed by atoms with Crippen molar-refractivity contribution in [1.29, 1.82) is 0 Å². The Labute approximate surface area is 117 Å². The highest BCUT2D eigenvalue weighted by Gasteiger charge is 2.34. The van der Waals surface area contributed by atoms with Crippen LogP contribution >= 0.6 is 11.6 Å². The van der Waals surface area contributed by atoms with Crippen LogP contribution in [-0.2, 0) is 14.6 Å². The number of benzene rings is 1. The largest absolute Gasteiger partial charge is 0.481 e. The van der Waals surface area contributed by atoms with Gasteiger partial charge in [0.15, 0.2) is 9.84 Å². The first-order chi connectivity index (χ1) is 8.91. The van der Waals surface area contributed by atoms with E-state index in [9.17, 15) is 13.2 Å². The fourth-order valence-electron chi connectivity index (χ4n) is 2.44. The summed E-state index contributed by atoms with van der Waals surface area (Å²) in [4.78, 5) is 11.1.